The molecule has 0 unspecified atom stereocenters. The van der Waals surface area contributed by atoms with Gasteiger partial charge in [0.2, 0.25) is 0 Å². The second-order valence-electron chi connectivity index (χ2n) is 5.31. The third-order valence-corrected chi connectivity index (χ3v) is 4.19. The van der Waals surface area contributed by atoms with Gasteiger partial charge in [-0.25, -0.2) is 0 Å². The maximum absolute atomic E-state index is 3.77. The van der Waals surface area contributed by atoms with Crippen molar-refractivity contribution in [1.82, 2.24) is 15.5 Å². The minimum absolute atomic E-state index is 0.783. The van der Waals surface area contributed by atoms with Crippen LogP contribution in [0.4, 0.5) is 0 Å². The Labute approximate surface area is 100.0 Å². The molecule has 0 amide bonds. The fourth-order valence-corrected chi connectivity index (χ4v) is 2.87. The highest BCUT2D eigenvalue weighted by Gasteiger charge is 2.19. The van der Waals surface area contributed by atoms with Crippen molar-refractivity contribution in [1.29, 1.82) is 0 Å². The molecular weight excluding hydrogens is 198 g/mol. The Balaban J connectivity index is 1.59. The summed E-state index contributed by atoms with van der Waals surface area (Å²) in [7, 11) is 0. The number of rotatable bonds is 4. The molecule has 2 aliphatic rings. The van der Waals surface area contributed by atoms with E-state index in [4.69, 9.17) is 0 Å². The molecule has 2 heterocycles. The first-order valence-electron chi connectivity index (χ1n) is 7.05. The maximum atomic E-state index is 3.77. The lowest BCUT2D eigenvalue weighted by atomic mass is 9.96. The van der Waals surface area contributed by atoms with Gasteiger partial charge in [0.15, 0.2) is 0 Å². The molecule has 0 atom stereocenters. The Kier molecular flexibility index (Phi) is 5.07. The zero-order chi connectivity index (χ0) is 11.2. The Hall–Kier alpha value is -0.120. The normalized spacial score (nSPS) is 26.1. The van der Waals surface area contributed by atoms with Crippen LogP contribution in [0, 0.1) is 5.92 Å². The monoisotopic (exact) mass is 225 g/mol. The van der Waals surface area contributed by atoms with Crippen molar-refractivity contribution in [2.24, 2.45) is 5.92 Å². The molecule has 0 radical (unpaired) electrons. The lowest BCUT2D eigenvalue weighted by molar-refractivity contribution is 0.185. The number of likely N-dealkylation sites (tertiary alicyclic amines) is 1. The molecule has 3 nitrogen and oxygen atoms in total. The van der Waals surface area contributed by atoms with Crippen molar-refractivity contribution in [2.75, 3.05) is 39.3 Å². The van der Waals surface area contributed by atoms with Crippen molar-refractivity contribution in [3.63, 3.8) is 0 Å². The van der Waals surface area contributed by atoms with Crippen LogP contribution >= 0.6 is 0 Å². The molecule has 16 heavy (non-hydrogen) atoms. The highest BCUT2D eigenvalue weighted by atomic mass is 15.1. The first-order valence-corrected chi connectivity index (χ1v) is 7.05. The van der Waals surface area contributed by atoms with E-state index in [1.165, 1.54) is 65.0 Å². The van der Waals surface area contributed by atoms with Crippen molar-refractivity contribution >= 4 is 0 Å². The van der Waals surface area contributed by atoms with Crippen LogP contribution in [0.25, 0.3) is 0 Å². The second kappa shape index (κ2) is 6.58. The molecule has 0 saturated carbocycles. The number of hydrogen-bond acceptors (Lipinski definition) is 3. The molecule has 0 spiro atoms. The van der Waals surface area contributed by atoms with E-state index in [0.29, 0.717) is 0 Å². The zero-order valence-corrected chi connectivity index (χ0v) is 10.7. The van der Waals surface area contributed by atoms with Gasteiger partial charge < -0.3 is 15.5 Å². The summed E-state index contributed by atoms with van der Waals surface area (Å²) in [6.45, 7) is 9.78. The van der Waals surface area contributed by atoms with E-state index in [-0.39, 0.29) is 0 Å². The molecule has 0 aromatic rings. The second-order valence-corrected chi connectivity index (χ2v) is 5.31. The topological polar surface area (TPSA) is 27.3 Å². The highest BCUT2D eigenvalue weighted by molar-refractivity contribution is 4.78. The van der Waals surface area contributed by atoms with E-state index in [1.54, 1.807) is 0 Å². The number of nitrogens with one attached hydrogen (secondary N) is 2. The molecule has 3 heteroatoms. The van der Waals surface area contributed by atoms with Gasteiger partial charge in [-0.3, -0.25) is 0 Å². The average molecular weight is 225 g/mol. The van der Waals surface area contributed by atoms with Crippen LogP contribution in [-0.4, -0.2) is 50.2 Å². The number of piperidine rings is 2. The Morgan fingerprint density at radius 3 is 2.44 bits per heavy atom. The number of nitrogens with zero attached hydrogens (tertiary/aromatic N) is 1. The quantitative estimate of drug-likeness (QED) is 0.749. The van der Waals surface area contributed by atoms with Gasteiger partial charge in [-0.1, -0.05) is 6.92 Å². The summed E-state index contributed by atoms with van der Waals surface area (Å²) in [6, 6.07) is 0.783. The van der Waals surface area contributed by atoms with Crippen LogP contribution < -0.4 is 10.6 Å². The van der Waals surface area contributed by atoms with E-state index in [1.807, 2.05) is 0 Å². The van der Waals surface area contributed by atoms with E-state index >= 15 is 0 Å². The molecule has 0 aromatic carbocycles. The number of hydrogen-bond donors (Lipinski definition) is 2. The van der Waals surface area contributed by atoms with E-state index < -0.39 is 0 Å². The lowest BCUT2D eigenvalue weighted by Crippen LogP contribution is -2.43. The third kappa shape index (κ3) is 3.72. The Morgan fingerprint density at radius 2 is 1.81 bits per heavy atom. The van der Waals surface area contributed by atoms with Gasteiger partial charge in [0.25, 0.3) is 0 Å². The van der Waals surface area contributed by atoms with Crippen molar-refractivity contribution in [3.8, 4) is 0 Å². The van der Waals surface area contributed by atoms with Crippen LogP contribution in [0.2, 0.25) is 0 Å². The first-order chi connectivity index (χ1) is 7.88. The predicted octanol–water partition coefficient (Wildman–Crippen LogP) is 1.06. The summed E-state index contributed by atoms with van der Waals surface area (Å²) in [5.41, 5.74) is 0. The van der Waals surface area contributed by atoms with Crippen LogP contribution in [0.1, 0.15) is 32.6 Å². The van der Waals surface area contributed by atoms with E-state index in [9.17, 15) is 0 Å². The van der Waals surface area contributed by atoms with Gasteiger partial charge in [0.05, 0.1) is 0 Å². The van der Waals surface area contributed by atoms with Gasteiger partial charge in [-0.05, 0) is 70.9 Å². The summed E-state index contributed by atoms with van der Waals surface area (Å²) in [4.78, 5) is 2.57. The van der Waals surface area contributed by atoms with E-state index in [2.05, 4.69) is 22.5 Å². The predicted molar refractivity (Wildman–Crippen MR) is 68.7 cm³/mol. The zero-order valence-electron chi connectivity index (χ0n) is 10.7. The minimum Gasteiger partial charge on any atom is -0.317 e. The minimum atomic E-state index is 0.783. The Morgan fingerprint density at radius 1 is 1.12 bits per heavy atom. The van der Waals surface area contributed by atoms with Crippen molar-refractivity contribution in [2.45, 2.75) is 38.6 Å². The molecule has 2 fully saturated rings. The van der Waals surface area contributed by atoms with Crippen LogP contribution in [0.3, 0.4) is 0 Å². The van der Waals surface area contributed by atoms with Crippen LogP contribution in [0.5, 0.6) is 0 Å². The molecule has 0 bridgehead atoms. The van der Waals surface area contributed by atoms with Gasteiger partial charge in [0, 0.05) is 6.04 Å². The molecule has 2 N–H and O–H groups in total. The van der Waals surface area contributed by atoms with E-state index in [0.717, 1.165) is 12.0 Å². The van der Waals surface area contributed by atoms with Crippen LogP contribution in [-0.2, 0) is 0 Å². The van der Waals surface area contributed by atoms with Crippen LogP contribution in [0.15, 0.2) is 0 Å². The molecule has 2 rings (SSSR count). The maximum Gasteiger partial charge on any atom is 0.00913 e. The molecule has 94 valence electrons. The smallest absolute Gasteiger partial charge is 0.00913 e. The average Bonchev–Trinajstić information content (AvgIpc) is 2.38. The molecule has 2 saturated heterocycles. The summed E-state index contributed by atoms with van der Waals surface area (Å²) in [5, 5.41) is 7.19. The fraction of sp³-hybridized carbons (Fsp3) is 1.00. The van der Waals surface area contributed by atoms with Gasteiger partial charge in [-0.15, -0.1) is 0 Å². The standard InChI is InChI=1S/C13H27N3/c1-2-16-9-5-12(6-10-16)11-15-13-3-7-14-8-4-13/h12-15H,2-11H2,1H3. The molecule has 2 aliphatic heterocycles. The fourth-order valence-electron chi connectivity index (χ4n) is 2.87. The van der Waals surface area contributed by atoms with Gasteiger partial charge >= 0.3 is 0 Å². The molecule has 0 aliphatic carbocycles. The Bertz CT molecular complexity index is 182. The van der Waals surface area contributed by atoms with Crippen molar-refractivity contribution in [3.05, 3.63) is 0 Å². The summed E-state index contributed by atoms with van der Waals surface area (Å²) >= 11 is 0. The summed E-state index contributed by atoms with van der Waals surface area (Å²) in [6.07, 6.45) is 5.42. The third-order valence-electron chi connectivity index (χ3n) is 4.19. The van der Waals surface area contributed by atoms with Gasteiger partial charge in [0.1, 0.15) is 0 Å². The highest BCUT2D eigenvalue weighted by Crippen LogP contribution is 2.16. The lowest BCUT2D eigenvalue weighted by Gasteiger charge is -2.32. The van der Waals surface area contributed by atoms with Gasteiger partial charge in [-0.2, -0.15) is 0 Å². The first kappa shape index (κ1) is 12.3. The molecular formula is C13H27N3. The summed E-state index contributed by atoms with van der Waals surface area (Å²) < 4.78 is 0. The molecule has 0 aromatic heterocycles. The SMILES string of the molecule is CCN1CCC(CNC2CCNCC2)CC1. The van der Waals surface area contributed by atoms with Crippen molar-refractivity contribution < 1.29 is 0 Å². The summed E-state index contributed by atoms with van der Waals surface area (Å²) in [5.74, 6) is 0.928. The largest absolute Gasteiger partial charge is 0.317 e.